The zero-order valence-corrected chi connectivity index (χ0v) is 13.4. The van der Waals surface area contributed by atoms with Gasteiger partial charge in [-0.05, 0) is 29.3 Å². The monoisotopic (exact) mass is 318 g/mol. The lowest BCUT2D eigenvalue weighted by Gasteiger charge is -2.06. The van der Waals surface area contributed by atoms with Crippen LogP contribution in [-0.4, -0.2) is 14.5 Å². The van der Waals surface area contributed by atoms with Crippen LogP contribution in [0.25, 0.3) is 12.2 Å². The van der Waals surface area contributed by atoms with Crippen LogP contribution in [0, 0.1) is 0 Å². The van der Waals surface area contributed by atoms with Crippen LogP contribution in [0.5, 0.6) is 0 Å². The third-order valence-electron chi connectivity index (χ3n) is 3.69. The molecule has 0 aliphatic rings. The molecule has 0 saturated heterocycles. The molecule has 2 N–H and O–H groups in total. The van der Waals surface area contributed by atoms with Gasteiger partial charge in [0.05, 0.1) is 11.4 Å². The van der Waals surface area contributed by atoms with Crippen LogP contribution in [0.4, 0.5) is 5.95 Å². The maximum Gasteiger partial charge on any atom is 0.254 e. The van der Waals surface area contributed by atoms with Gasteiger partial charge in [0.1, 0.15) is 0 Å². The maximum absolute atomic E-state index is 11.8. The summed E-state index contributed by atoms with van der Waals surface area (Å²) in [5.41, 5.74) is 9.31. The summed E-state index contributed by atoms with van der Waals surface area (Å²) in [6.45, 7) is 0. The number of rotatable bonds is 4. The highest BCUT2D eigenvalue weighted by atomic mass is 16.1. The molecule has 0 amide bonds. The Labute approximate surface area is 140 Å². The van der Waals surface area contributed by atoms with E-state index in [0.717, 1.165) is 16.8 Å². The number of anilines is 1. The molecule has 0 aliphatic heterocycles. The Kier molecular flexibility index (Phi) is 4.52. The normalized spacial score (nSPS) is 11.0. The van der Waals surface area contributed by atoms with Gasteiger partial charge in [-0.15, -0.1) is 0 Å². The van der Waals surface area contributed by atoms with Crippen LogP contribution in [0.1, 0.15) is 22.5 Å². The van der Waals surface area contributed by atoms with Crippen molar-refractivity contribution < 1.29 is 0 Å². The Morgan fingerprint density at radius 2 is 2.00 bits per heavy atom. The van der Waals surface area contributed by atoms with Gasteiger partial charge >= 0.3 is 0 Å². The second-order valence-corrected chi connectivity index (χ2v) is 5.51. The first-order chi connectivity index (χ1) is 11.6. The first-order valence-electron chi connectivity index (χ1n) is 7.62. The van der Waals surface area contributed by atoms with Crippen LogP contribution >= 0.6 is 0 Å². The predicted octanol–water partition coefficient (Wildman–Crippen LogP) is 2.52. The van der Waals surface area contributed by atoms with Gasteiger partial charge in [0.2, 0.25) is 5.95 Å². The van der Waals surface area contributed by atoms with Crippen molar-refractivity contribution in [3.05, 3.63) is 87.6 Å². The number of hydrogen-bond acceptors (Lipinski definition) is 4. The van der Waals surface area contributed by atoms with E-state index >= 15 is 0 Å². The zero-order chi connectivity index (χ0) is 16.9. The van der Waals surface area contributed by atoms with Gasteiger partial charge in [0.15, 0.2) is 0 Å². The fourth-order valence-corrected chi connectivity index (χ4v) is 2.37. The standard InChI is InChI=1S/C19H18N4O/c1-23-18(24)13-17(22-19(23)20)12-15-6-4-5-14(11-15)8-9-16-7-2-3-10-21-16/h2-11,13H,12H2,1H3,(H2,20,22). The minimum atomic E-state index is -0.149. The van der Waals surface area contributed by atoms with Crippen molar-refractivity contribution in [3.8, 4) is 0 Å². The highest BCUT2D eigenvalue weighted by Gasteiger charge is 2.04. The maximum atomic E-state index is 11.8. The molecule has 2 aromatic heterocycles. The molecule has 0 atom stereocenters. The van der Waals surface area contributed by atoms with E-state index < -0.39 is 0 Å². The molecule has 0 fully saturated rings. The van der Waals surface area contributed by atoms with Crippen molar-refractivity contribution in [1.29, 1.82) is 0 Å². The number of nitrogens with zero attached hydrogens (tertiary/aromatic N) is 3. The molecule has 5 heteroatoms. The van der Waals surface area contributed by atoms with Gasteiger partial charge in [-0.25, -0.2) is 4.98 Å². The summed E-state index contributed by atoms with van der Waals surface area (Å²) in [5, 5.41) is 0. The number of hydrogen-bond donors (Lipinski definition) is 1. The lowest BCUT2D eigenvalue weighted by Crippen LogP contribution is -2.21. The van der Waals surface area contributed by atoms with Crippen LogP contribution in [0.15, 0.2) is 59.5 Å². The average Bonchev–Trinajstić information content (AvgIpc) is 2.59. The SMILES string of the molecule is Cn1c(N)nc(Cc2cccc(C=Cc3ccccn3)c2)cc1=O. The minimum absolute atomic E-state index is 0.149. The summed E-state index contributed by atoms with van der Waals surface area (Å²) in [6.07, 6.45) is 6.30. The van der Waals surface area contributed by atoms with E-state index in [1.807, 2.05) is 48.6 Å². The van der Waals surface area contributed by atoms with Gasteiger partial charge in [-0.3, -0.25) is 14.3 Å². The summed E-state index contributed by atoms with van der Waals surface area (Å²) in [7, 11) is 1.61. The molecule has 3 rings (SSSR count). The molecular formula is C19H18N4O. The molecule has 0 spiro atoms. The molecule has 0 saturated carbocycles. The topological polar surface area (TPSA) is 73.8 Å². The van der Waals surface area contributed by atoms with E-state index in [1.165, 1.54) is 10.6 Å². The molecule has 0 aliphatic carbocycles. The Hall–Kier alpha value is -3.21. The van der Waals surface area contributed by atoms with Crippen molar-refractivity contribution >= 4 is 18.1 Å². The third kappa shape index (κ3) is 3.76. The van der Waals surface area contributed by atoms with E-state index in [0.29, 0.717) is 12.1 Å². The van der Waals surface area contributed by atoms with Gasteiger partial charge in [-0.2, -0.15) is 0 Å². The van der Waals surface area contributed by atoms with Crippen molar-refractivity contribution in [3.63, 3.8) is 0 Å². The van der Waals surface area contributed by atoms with Crippen LogP contribution < -0.4 is 11.3 Å². The van der Waals surface area contributed by atoms with Crippen LogP contribution in [0.3, 0.4) is 0 Å². The van der Waals surface area contributed by atoms with Crippen molar-refractivity contribution in [1.82, 2.24) is 14.5 Å². The minimum Gasteiger partial charge on any atom is -0.369 e. The number of aromatic nitrogens is 3. The number of nitrogen functional groups attached to an aromatic ring is 1. The molecular weight excluding hydrogens is 300 g/mol. The first kappa shape index (κ1) is 15.7. The first-order valence-corrected chi connectivity index (χ1v) is 7.62. The molecule has 24 heavy (non-hydrogen) atoms. The summed E-state index contributed by atoms with van der Waals surface area (Å²) < 4.78 is 1.33. The Bertz CT molecular complexity index is 930. The Balaban J connectivity index is 1.81. The van der Waals surface area contributed by atoms with E-state index in [-0.39, 0.29) is 11.5 Å². The summed E-state index contributed by atoms with van der Waals surface area (Å²) in [6, 6.07) is 15.4. The van der Waals surface area contributed by atoms with Gasteiger partial charge in [0, 0.05) is 25.7 Å². The van der Waals surface area contributed by atoms with Gasteiger partial charge in [0.25, 0.3) is 5.56 Å². The third-order valence-corrected chi connectivity index (χ3v) is 3.69. The fourth-order valence-electron chi connectivity index (χ4n) is 2.37. The van der Waals surface area contributed by atoms with Crippen molar-refractivity contribution in [2.45, 2.75) is 6.42 Å². The highest BCUT2D eigenvalue weighted by Crippen LogP contribution is 2.12. The molecule has 3 aromatic rings. The molecule has 0 unspecified atom stereocenters. The van der Waals surface area contributed by atoms with E-state index in [1.54, 1.807) is 13.2 Å². The van der Waals surface area contributed by atoms with Gasteiger partial charge < -0.3 is 5.73 Å². The summed E-state index contributed by atoms with van der Waals surface area (Å²) in [4.78, 5) is 20.3. The van der Waals surface area contributed by atoms with E-state index in [9.17, 15) is 4.79 Å². The van der Waals surface area contributed by atoms with Gasteiger partial charge in [-0.1, -0.05) is 36.4 Å². The molecule has 1 aromatic carbocycles. The predicted molar refractivity (Wildman–Crippen MR) is 96.3 cm³/mol. The van der Waals surface area contributed by atoms with Crippen molar-refractivity contribution in [2.75, 3.05) is 5.73 Å². The Morgan fingerprint density at radius 1 is 1.12 bits per heavy atom. The lowest BCUT2D eigenvalue weighted by atomic mass is 10.1. The van der Waals surface area contributed by atoms with Crippen molar-refractivity contribution in [2.24, 2.45) is 7.05 Å². The van der Waals surface area contributed by atoms with E-state index in [2.05, 4.69) is 16.0 Å². The fraction of sp³-hybridized carbons (Fsp3) is 0.105. The van der Waals surface area contributed by atoms with Crippen LogP contribution in [-0.2, 0) is 13.5 Å². The zero-order valence-electron chi connectivity index (χ0n) is 13.4. The average molecular weight is 318 g/mol. The summed E-state index contributed by atoms with van der Waals surface area (Å²) in [5.74, 6) is 0.226. The molecule has 2 heterocycles. The molecule has 0 bridgehead atoms. The number of pyridine rings is 1. The number of benzene rings is 1. The Morgan fingerprint density at radius 3 is 2.75 bits per heavy atom. The largest absolute Gasteiger partial charge is 0.369 e. The van der Waals surface area contributed by atoms with E-state index in [4.69, 9.17) is 5.73 Å². The second kappa shape index (κ2) is 6.91. The molecule has 0 radical (unpaired) electrons. The molecule has 5 nitrogen and oxygen atoms in total. The second-order valence-electron chi connectivity index (χ2n) is 5.51. The summed E-state index contributed by atoms with van der Waals surface area (Å²) >= 11 is 0. The lowest BCUT2D eigenvalue weighted by molar-refractivity contribution is 0.825. The molecule has 120 valence electrons. The quantitative estimate of drug-likeness (QED) is 0.802. The highest BCUT2D eigenvalue weighted by molar-refractivity contribution is 5.68. The van der Waals surface area contributed by atoms with Crippen LogP contribution in [0.2, 0.25) is 0 Å². The number of nitrogens with two attached hydrogens (primary N) is 1. The smallest absolute Gasteiger partial charge is 0.254 e.